The molecule has 1 fully saturated rings. The third kappa shape index (κ3) is 3.87. The normalized spacial score (nSPS) is 19.4. The van der Waals surface area contributed by atoms with E-state index in [1.165, 1.54) is 43.2 Å². The van der Waals surface area contributed by atoms with E-state index in [1.807, 2.05) is 7.11 Å². The van der Waals surface area contributed by atoms with Crippen LogP contribution in [0.2, 0.25) is 0 Å². The van der Waals surface area contributed by atoms with E-state index in [2.05, 4.69) is 43.4 Å². The largest absolute Gasteiger partial charge is 0.376 e. The van der Waals surface area contributed by atoms with Crippen molar-refractivity contribution >= 4 is 0 Å². The van der Waals surface area contributed by atoms with Crippen LogP contribution in [0.4, 0.5) is 0 Å². The Hall–Kier alpha value is -0.860. The van der Waals surface area contributed by atoms with Gasteiger partial charge in [-0.25, -0.2) is 0 Å². The number of benzene rings is 1. The van der Waals surface area contributed by atoms with Crippen molar-refractivity contribution in [3.8, 4) is 0 Å². The Kier molecular flexibility index (Phi) is 6.25. The molecule has 0 aromatic heterocycles. The summed E-state index contributed by atoms with van der Waals surface area (Å²) in [7, 11) is 1.90. The van der Waals surface area contributed by atoms with E-state index in [0.717, 1.165) is 19.4 Å². The number of ether oxygens (including phenoxy) is 1. The highest BCUT2D eigenvalue weighted by atomic mass is 16.5. The van der Waals surface area contributed by atoms with Crippen molar-refractivity contribution < 1.29 is 4.74 Å². The van der Waals surface area contributed by atoms with Gasteiger partial charge >= 0.3 is 0 Å². The first-order valence-corrected chi connectivity index (χ1v) is 8.63. The van der Waals surface area contributed by atoms with E-state index in [9.17, 15) is 0 Å². The molecule has 2 nitrogen and oxygen atoms in total. The highest BCUT2D eigenvalue weighted by Gasteiger charge is 2.40. The second-order valence-electron chi connectivity index (χ2n) is 6.31. The molecule has 2 rings (SSSR count). The minimum atomic E-state index is -0.0266. The quantitative estimate of drug-likeness (QED) is 0.789. The minimum Gasteiger partial charge on any atom is -0.376 e. The lowest BCUT2D eigenvalue weighted by Gasteiger charge is -2.43. The van der Waals surface area contributed by atoms with E-state index >= 15 is 0 Å². The van der Waals surface area contributed by atoms with E-state index in [4.69, 9.17) is 4.74 Å². The predicted molar refractivity (Wildman–Crippen MR) is 89.7 cm³/mol. The first kappa shape index (κ1) is 16.5. The standard InChI is InChI=1S/C19H31NO/c1-4-15-20-18(17-11-9-16(5-2)10-12-17)19(21-3)13-7-6-8-14-19/h9-12,18,20H,4-8,13-15H2,1-3H3. The monoisotopic (exact) mass is 289 g/mol. The Morgan fingerprint density at radius 1 is 1.10 bits per heavy atom. The fourth-order valence-corrected chi connectivity index (χ4v) is 3.60. The molecule has 21 heavy (non-hydrogen) atoms. The zero-order valence-electron chi connectivity index (χ0n) is 14.0. The number of hydrogen-bond donors (Lipinski definition) is 1. The molecule has 0 saturated heterocycles. The van der Waals surface area contributed by atoms with E-state index in [1.54, 1.807) is 0 Å². The van der Waals surface area contributed by atoms with Gasteiger partial charge in [-0.2, -0.15) is 0 Å². The summed E-state index contributed by atoms with van der Waals surface area (Å²) in [4.78, 5) is 0. The number of aryl methyl sites for hydroxylation is 1. The lowest BCUT2D eigenvalue weighted by Crippen LogP contribution is -2.47. The molecule has 0 spiro atoms. The molecule has 1 N–H and O–H groups in total. The molecule has 2 heteroatoms. The molecule has 0 amide bonds. The molecule has 1 aliphatic rings. The first-order chi connectivity index (χ1) is 10.3. The van der Waals surface area contributed by atoms with Crippen molar-refractivity contribution in [2.45, 2.75) is 70.4 Å². The van der Waals surface area contributed by atoms with Crippen LogP contribution in [0.5, 0.6) is 0 Å². The van der Waals surface area contributed by atoms with Gasteiger partial charge in [-0.1, -0.05) is 57.4 Å². The minimum absolute atomic E-state index is 0.0266. The molecular weight excluding hydrogens is 258 g/mol. The Balaban J connectivity index is 2.26. The summed E-state index contributed by atoms with van der Waals surface area (Å²) in [5.74, 6) is 0. The molecule has 0 bridgehead atoms. The molecule has 1 aromatic rings. The topological polar surface area (TPSA) is 21.3 Å². The average Bonchev–Trinajstić information content (AvgIpc) is 2.56. The Labute approximate surface area is 130 Å². The molecule has 1 saturated carbocycles. The number of nitrogens with one attached hydrogen (secondary N) is 1. The Bertz CT molecular complexity index is 406. The zero-order valence-corrected chi connectivity index (χ0v) is 14.0. The fraction of sp³-hybridized carbons (Fsp3) is 0.684. The fourth-order valence-electron chi connectivity index (χ4n) is 3.60. The second-order valence-corrected chi connectivity index (χ2v) is 6.31. The first-order valence-electron chi connectivity index (χ1n) is 8.63. The van der Waals surface area contributed by atoms with Gasteiger partial charge in [-0.15, -0.1) is 0 Å². The van der Waals surface area contributed by atoms with Crippen LogP contribution in [0.25, 0.3) is 0 Å². The van der Waals surface area contributed by atoms with Gasteiger partial charge in [0.15, 0.2) is 0 Å². The van der Waals surface area contributed by atoms with Gasteiger partial charge in [0.2, 0.25) is 0 Å². The Morgan fingerprint density at radius 3 is 2.29 bits per heavy atom. The van der Waals surface area contributed by atoms with Crippen LogP contribution < -0.4 is 5.32 Å². The van der Waals surface area contributed by atoms with Crippen molar-refractivity contribution in [2.24, 2.45) is 0 Å². The summed E-state index contributed by atoms with van der Waals surface area (Å²) in [5.41, 5.74) is 2.76. The third-order valence-electron chi connectivity index (χ3n) is 4.95. The summed E-state index contributed by atoms with van der Waals surface area (Å²) in [6, 6.07) is 9.43. The van der Waals surface area contributed by atoms with E-state index in [-0.39, 0.29) is 5.60 Å². The second kappa shape index (κ2) is 7.95. The lowest BCUT2D eigenvalue weighted by molar-refractivity contribution is -0.0687. The molecule has 1 aliphatic carbocycles. The Morgan fingerprint density at radius 2 is 1.76 bits per heavy atom. The van der Waals surface area contributed by atoms with Crippen molar-refractivity contribution in [1.29, 1.82) is 0 Å². The molecule has 118 valence electrons. The van der Waals surface area contributed by atoms with Crippen LogP contribution in [-0.4, -0.2) is 19.3 Å². The summed E-state index contributed by atoms with van der Waals surface area (Å²) in [6.45, 7) is 5.48. The van der Waals surface area contributed by atoms with Crippen LogP contribution in [0, 0.1) is 0 Å². The maximum absolute atomic E-state index is 6.09. The lowest BCUT2D eigenvalue weighted by atomic mass is 9.76. The van der Waals surface area contributed by atoms with Gasteiger partial charge in [-0.05, 0) is 43.4 Å². The molecule has 0 aliphatic heterocycles. The molecule has 0 radical (unpaired) electrons. The van der Waals surface area contributed by atoms with Crippen molar-refractivity contribution in [3.63, 3.8) is 0 Å². The van der Waals surface area contributed by atoms with Gasteiger partial charge in [-0.3, -0.25) is 0 Å². The molecule has 1 unspecified atom stereocenters. The average molecular weight is 289 g/mol. The molecule has 1 atom stereocenters. The highest BCUT2D eigenvalue weighted by molar-refractivity contribution is 5.27. The zero-order chi connectivity index (χ0) is 15.1. The maximum atomic E-state index is 6.09. The summed E-state index contributed by atoms with van der Waals surface area (Å²) in [5, 5.41) is 3.76. The van der Waals surface area contributed by atoms with Crippen LogP contribution in [0.15, 0.2) is 24.3 Å². The van der Waals surface area contributed by atoms with Gasteiger partial charge in [0.05, 0.1) is 11.6 Å². The highest BCUT2D eigenvalue weighted by Crippen LogP contribution is 2.41. The smallest absolute Gasteiger partial charge is 0.0872 e. The predicted octanol–water partition coefficient (Wildman–Crippen LogP) is 4.64. The number of methoxy groups -OCH3 is 1. The van der Waals surface area contributed by atoms with Gasteiger partial charge in [0.25, 0.3) is 0 Å². The summed E-state index contributed by atoms with van der Waals surface area (Å²) in [6.07, 6.45) is 8.50. The van der Waals surface area contributed by atoms with E-state index < -0.39 is 0 Å². The SMILES string of the molecule is CCCNC(c1ccc(CC)cc1)C1(OC)CCCCC1. The van der Waals surface area contributed by atoms with E-state index in [0.29, 0.717) is 6.04 Å². The molecule has 1 aromatic carbocycles. The number of hydrogen-bond acceptors (Lipinski definition) is 2. The third-order valence-corrected chi connectivity index (χ3v) is 4.95. The van der Waals surface area contributed by atoms with Crippen LogP contribution >= 0.6 is 0 Å². The van der Waals surface area contributed by atoms with Crippen LogP contribution in [0.1, 0.15) is 69.5 Å². The van der Waals surface area contributed by atoms with Gasteiger partial charge in [0.1, 0.15) is 0 Å². The van der Waals surface area contributed by atoms with Crippen molar-refractivity contribution in [1.82, 2.24) is 5.32 Å². The van der Waals surface area contributed by atoms with Crippen LogP contribution in [-0.2, 0) is 11.2 Å². The molecule has 0 heterocycles. The molecular formula is C19H31NO. The van der Waals surface area contributed by atoms with Crippen molar-refractivity contribution in [3.05, 3.63) is 35.4 Å². The summed E-state index contributed by atoms with van der Waals surface area (Å²) < 4.78 is 6.09. The summed E-state index contributed by atoms with van der Waals surface area (Å²) >= 11 is 0. The maximum Gasteiger partial charge on any atom is 0.0872 e. The number of rotatable bonds is 7. The van der Waals surface area contributed by atoms with Crippen LogP contribution in [0.3, 0.4) is 0 Å². The van der Waals surface area contributed by atoms with Gasteiger partial charge < -0.3 is 10.1 Å². The van der Waals surface area contributed by atoms with Crippen molar-refractivity contribution in [2.75, 3.05) is 13.7 Å². The van der Waals surface area contributed by atoms with Gasteiger partial charge in [0, 0.05) is 7.11 Å².